The van der Waals surface area contributed by atoms with Crippen molar-refractivity contribution in [2.45, 2.75) is 65.0 Å². The first-order valence-electron chi connectivity index (χ1n) is 10.4. The van der Waals surface area contributed by atoms with Crippen LogP contribution in [-0.2, 0) is 17.7 Å². The summed E-state index contributed by atoms with van der Waals surface area (Å²) in [5.74, 6) is 0.943. The second-order valence-corrected chi connectivity index (χ2v) is 8.69. The second-order valence-electron chi connectivity index (χ2n) is 8.69. The van der Waals surface area contributed by atoms with Crippen LogP contribution in [0.5, 0.6) is 5.75 Å². The summed E-state index contributed by atoms with van der Waals surface area (Å²) in [6.07, 6.45) is 5.75. The molecule has 150 valence electrons. The first-order valence-corrected chi connectivity index (χ1v) is 10.4. The third-order valence-corrected chi connectivity index (χ3v) is 5.18. The Labute approximate surface area is 163 Å². The van der Waals surface area contributed by atoms with E-state index >= 15 is 0 Å². The lowest BCUT2D eigenvalue weighted by Crippen LogP contribution is -2.39. The van der Waals surface area contributed by atoms with Gasteiger partial charge in [0.15, 0.2) is 0 Å². The lowest BCUT2D eigenvalue weighted by Gasteiger charge is -2.31. The number of hydrogen-bond acceptors (Lipinski definition) is 4. The van der Waals surface area contributed by atoms with Crippen LogP contribution < -0.4 is 4.74 Å². The van der Waals surface area contributed by atoms with E-state index in [4.69, 9.17) is 9.47 Å². The van der Waals surface area contributed by atoms with Crippen molar-refractivity contribution in [3.63, 3.8) is 0 Å². The van der Waals surface area contributed by atoms with E-state index in [9.17, 15) is 4.79 Å². The molecule has 1 aromatic carbocycles. The number of carbonyl (C=O) groups excluding carboxylic acids is 1. The zero-order valence-corrected chi connectivity index (χ0v) is 17.1. The minimum absolute atomic E-state index is 0.230. The van der Waals surface area contributed by atoms with Crippen molar-refractivity contribution in [1.29, 1.82) is 0 Å². The third kappa shape index (κ3) is 6.13. The number of likely N-dealkylation sites (tertiary alicyclic amines) is 1. The van der Waals surface area contributed by atoms with Crippen LogP contribution in [0.15, 0.2) is 18.2 Å². The highest BCUT2D eigenvalue weighted by molar-refractivity contribution is 5.68. The molecular formula is C22H34N2O3. The molecule has 0 bridgehead atoms. The second kappa shape index (κ2) is 8.96. The molecule has 0 radical (unpaired) electrons. The monoisotopic (exact) mass is 374 g/mol. The number of benzene rings is 1. The lowest BCUT2D eigenvalue weighted by atomic mass is 10.00. The molecule has 1 fully saturated rings. The van der Waals surface area contributed by atoms with Crippen molar-refractivity contribution in [3.8, 4) is 5.75 Å². The van der Waals surface area contributed by atoms with Gasteiger partial charge in [-0.05, 0) is 82.8 Å². The highest BCUT2D eigenvalue weighted by Crippen LogP contribution is 2.25. The van der Waals surface area contributed by atoms with E-state index < -0.39 is 5.60 Å². The minimum Gasteiger partial charge on any atom is -0.494 e. The summed E-state index contributed by atoms with van der Waals surface area (Å²) in [4.78, 5) is 16.6. The third-order valence-electron chi connectivity index (χ3n) is 5.18. The maximum absolute atomic E-state index is 12.3. The number of carbonyl (C=O) groups is 1. The molecule has 1 aromatic rings. The largest absolute Gasteiger partial charge is 0.494 e. The van der Waals surface area contributed by atoms with E-state index in [0.717, 1.165) is 31.7 Å². The Morgan fingerprint density at radius 3 is 2.59 bits per heavy atom. The van der Waals surface area contributed by atoms with Crippen LogP contribution in [0.3, 0.4) is 0 Å². The van der Waals surface area contributed by atoms with Crippen molar-refractivity contribution < 1.29 is 14.3 Å². The van der Waals surface area contributed by atoms with Crippen LogP contribution in [0.4, 0.5) is 4.79 Å². The molecule has 0 aliphatic carbocycles. The maximum Gasteiger partial charge on any atom is 0.410 e. The Bertz CT molecular complexity index is 633. The minimum atomic E-state index is -0.455. The fourth-order valence-electron chi connectivity index (χ4n) is 3.76. The number of nitrogens with zero attached hydrogens (tertiary/aromatic N) is 2. The quantitative estimate of drug-likeness (QED) is 0.723. The van der Waals surface area contributed by atoms with E-state index in [1.54, 1.807) is 4.90 Å². The van der Waals surface area contributed by atoms with Gasteiger partial charge in [-0.15, -0.1) is 0 Å². The summed E-state index contributed by atoms with van der Waals surface area (Å²) in [7, 11) is 0. The van der Waals surface area contributed by atoms with E-state index in [1.165, 1.54) is 43.5 Å². The zero-order valence-electron chi connectivity index (χ0n) is 17.1. The molecule has 5 nitrogen and oxygen atoms in total. The summed E-state index contributed by atoms with van der Waals surface area (Å²) in [5.41, 5.74) is 2.01. The smallest absolute Gasteiger partial charge is 0.410 e. The van der Waals surface area contributed by atoms with Gasteiger partial charge in [0.05, 0.1) is 6.61 Å². The van der Waals surface area contributed by atoms with Crippen molar-refractivity contribution in [2.75, 3.05) is 32.8 Å². The Morgan fingerprint density at radius 1 is 1.07 bits per heavy atom. The van der Waals surface area contributed by atoms with Crippen LogP contribution in [-0.4, -0.2) is 54.3 Å². The lowest BCUT2D eigenvalue weighted by molar-refractivity contribution is 0.0224. The Morgan fingerprint density at radius 2 is 1.85 bits per heavy atom. The summed E-state index contributed by atoms with van der Waals surface area (Å²) in [5, 5.41) is 0. The predicted molar refractivity (Wildman–Crippen MR) is 107 cm³/mol. The maximum atomic E-state index is 12.3. The van der Waals surface area contributed by atoms with Crippen molar-refractivity contribution in [1.82, 2.24) is 9.80 Å². The van der Waals surface area contributed by atoms with Gasteiger partial charge in [-0.1, -0.05) is 12.5 Å². The molecule has 5 heteroatoms. The van der Waals surface area contributed by atoms with E-state index in [2.05, 4.69) is 17.0 Å². The van der Waals surface area contributed by atoms with Crippen molar-refractivity contribution >= 4 is 6.09 Å². The average molecular weight is 375 g/mol. The van der Waals surface area contributed by atoms with Gasteiger partial charge in [0, 0.05) is 19.6 Å². The SMILES string of the molecule is CC(C)(C)OC(=O)N1CCc2cc(OCCCN3CCCCC3)ccc2C1. The van der Waals surface area contributed by atoms with Crippen LogP contribution in [0.2, 0.25) is 0 Å². The average Bonchev–Trinajstić information content (AvgIpc) is 2.64. The summed E-state index contributed by atoms with van der Waals surface area (Å²) >= 11 is 0. The van der Waals surface area contributed by atoms with Gasteiger partial charge in [0.1, 0.15) is 11.4 Å². The normalized spacial score (nSPS) is 18.1. The standard InChI is InChI=1S/C22H34N2O3/c1-22(2,3)27-21(25)24-14-10-18-16-20(9-8-19(18)17-24)26-15-7-13-23-11-5-4-6-12-23/h8-9,16H,4-7,10-15,17H2,1-3H3. The number of fused-ring (bicyclic) bond motifs is 1. The molecule has 27 heavy (non-hydrogen) atoms. The van der Waals surface area contributed by atoms with Crippen LogP contribution in [0.25, 0.3) is 0 Å². The Hall–Kier alpha value is -1.75. The highest BCUT2D eigenvalue weighted by atomic mass is 16.6. The summed E-state index contributed by atoms with van der Waals surface area (Å²) in [6, 6.07) is 6.26. The van der Waals surface area contributed by atoms with Crippen LogP contribution in [0, 0.1) is 0 Å². The first-order chi connectivity index (χ1) is 12.9. The van der Waals surface area contributed by atoms with Gasteiger partial charge < -0.3 is 19.3 Å². The van der Waals surface area contributed by atoms with Gasteiger partial charge in [-0.2, -0.15) is 0 Å². The molecule has 0 atom stereocenters. The van der Waals surface area contributed by atoms with E-state index in [1.807, 2.05) is 26.8 Å². The Balaban J connectivity index is 1.46. The molecule has 0 spiro atoms. The molecule has 3 rings (SSSR count). The van der Waals surface area contributed by atoms with Gasteiger partial charge in [0.25, 0.3) is 0 Å². The van der Waals surface area contributed by atoms with Gasteiger partial charge >= 0.3 is 6.09 Å². The van der Waals surface area contributed by atoms with Gasteiger partial charge in [-0.3, -0.25) is 0 Å². The van der Waals surface area contributed by atoms with Crippen molar-refractivity contribution in [3.05, 3.63) is 29.3 Å². The molecule has 0 N–H and O–H groups in total. The first kappa shape index (κ1) is 20.0. The fraction of sp³-hybridized carbons (Fsp3) is 0.682. The number of ether oxygens (including phenoxy) is 2. The van der Waals surface area contributed by atoms with Crippen molar-refractivity contribution in [2.24, 2.45) is 0 Å². The summed E-state index contributed by atoms with van der Waals surface area (Å²) in [6.45, 7) is 11.4. The number of rotatable bonds is 5. The molecular weight excluding hydrogens is 340 g/mol. The van der Waals surface area contributed by atoms with E-state index in [0.29, 0.717) is 13.1 Å². The van der Waals surface area contributed by atoms with Gasteiger partial charge in [-0.25, -0.2) is 4.79 Å². The zero-order chi connectivity index (χ0) is 19.3. The molecule has 2 aliphatic rings. The molecule has 2 heterocycles. The molecule has 1 amide bonds. The topological polar surface area (TPSA) is 42.0 Å². The summed E-state index contributed by atoms with van der Waals surface area (Å²) < 4.78 is 11.5. The van der Waals surface area contributed by atoms with E-state index in [-0.39, 0.29) is 6.09 Å². The number of amides is 1. The number of hydrogen-bond donors (Lipinski definition) is 0. The molecule has 0 unspecified atom stereocenters. The predicted octanol–water partition coefficient (Wildman–Crippen LogP) is 4.23. The highest BCUT2D eigenvalue weighted by Gasteiger charge is 2.25. The molecule has 0 aromatic heterocycles. The molecule has 1 saturated heterocycles. The molecule has 0 saturated carbocycles. The number of piperidine rings is 1. The van der Waals surface area contributed by atoms with Gasteiger partial charge in [0.2, 0.25) is 0 Å². The Kier molecular flexibility index (Phi) is 6.64. The fourth-order valence-corrected chi connectivity index (χ4v) is 3.76. The molecule has 2 aliphatic heterocycles. The van der Waals surface area contributed by atoms with Crippen LogP contribution in [0.1, 0.15) is 57.6 Å². The van der Waals surface area contributed by atoms with Crippen LogP contribution >= 0.6 is 0 Å².